The van der Waals surface area contributed by atoms with Crippen molar-refractivity contribution in [3.05, 3.63) is 33.8 Å². The van der Waals surface area contributed by atoms with Gasteiger partial charge in [0.15, 0.2) is 0 Å². The minimum atomic E-state index is 0.206. The fraction of sp³-hybridized carbons (Fsp3) is 0.500. The van der Waals surface area contributed by atoms with E-state index in [4.69, 9.17) is 0 Å². The number of halogens is 1. The second-order valence-corrected chi connectivity index (χ2v) is 6.11. The third-order valence-corrected chi connectivity index (χ3v) is 4.94. The molecular weight excluding hydrogens is 278 g/mol. The number of nitrogens with zero attached hydrogens (tertiary/aromatic N) is 1. The van der Waals surface area contributed by atoms with Gasteiger partial charge in [0.2, 0.25) is 0 Å². The van der Waals surface area contributed by atoms with Crippen molar-refractivity contribution in [2.75, 3.05) is 6.54 Å². The van der Waals surface area contributed by atoms with Crippen molar-refractivity contribution in [3.8, 4) is 0 Å². The van der Waals surface area contributed by atoms with Gasteiger partial charge in [0, 0.05) is 22.6 Å². The van der Waals surface area contributed by atoms with Crippen LogP contribution in [0.15, 0.2) is 22.7 Å². The number of piperidine rings is 1. The minimum absolute atomic E-state index is 0.206. The lowest BCUT2D eigenvalue weighted by Crippen LogP contribution is -2.37. The van der Waals surface area contributed by atoms with Gasteiger partial charge in [-0.2, -0.15) is 0 Å². The molecule has 1 saturated heterocycles. The second kappa shape index (κ2) is 4.13. The van der Waals surface area contributed by atoms with Crippen LogP contribution in [0.1, 0.15) is 35.2 Å². The molecule has 2 aliphatic rings. The third kappa shape index (κ3) is 1.90. The molecule has 1 saturated carbocycles. The van der Waals surface area contributed by atoms with Crippen molar-refractivity contribution in [2.45, 2.75) is 32.2 Å². The van der Waals surface area contributed by atoms with Crippen LogP contribution >= 0.6 is 15.9 Å². The molecule has 2 unspecified atom stereocenters. The molecule has 1 aromatic rings. The Balaban J connectivity index is 1.84. The third-order valence-electron chi connectivity index (χ3n) is 4.09. The Hall–Kier alpha value is -0.830. The van der Waals surface area contributed by atoms with Crippen molar-refractivity contribution in [3.63, 3.8) is 0 Å². The number of likely N-dealkylation sites (tertiary alicyclic amines) is 1. The molecule has 2 fully saturated rings. The summed E-state index contributed by atoms with van der Waals surface area (Å²) >= 11 is 3.49. The highest BCUT2D eigenvalue weighted by atomic mass is 79.9. The second-order valence-electron chi connectivity index (χ2n) is 5.25. The number of benzene rings is 1. The molecule has 1 heterocycles. The van der Waals surface area contributed by atoms with Gasteiger partial charge >= 0.3 is 0 Å². The lowest BCUT2D eigenvalue weighted by atomic mass is 10.1. The quantitative estimate of drug-likeness (QED) is 0.777. The normalized spacial score (nSPS) is 26.6. The molecule has 17 heavy (non-hydrogen) atoms. The summed E-state index contributed by atoms with van der Waals surface area (Å²) in [6, 6.07) is 6.40. The maximum atomic E-state index is 12.4. The molecule has 90 valence electrons. The van der Waals surface area contributed by atoms with Gasteiger partial charge in [-0.1, -0.05) is 22.0 Å². The van der Waals surface area contributed by atoms with E-state index in [9.17, 15) is 4.79 Å². The van der Waals surface area contributed by atoms with Crippen LogP contribution in [0.2, 0.25) is 0 Å². The first-order valence-corrected chi connectivity index (χ1v) is 7.01. The van der Waals surface area contributed by atoms with E-state index >= 15 is 0 Å². The standard InChI is InChI=1S/C14H16BrNO/c1-9-2-4-11(7-13(9)15)14(17)16-8-10-3-5-12(16)6-10/h2,4,7,10,12H,3,5-6,8H2,1H3. The zero-order valence-corrected chi connectivity index (χ0v) is 11.5. The largest absolute Gasteiger partial charge is 0.335 e. The number of carbonyl (C=O) groups is 1. The van der Waals surface area contributed by atoms with Gasteiger partial charge in [-0.25, -0.2) is 0 Å². The first kappa shape index (κ1) is 11.3. The summed E-state index contributed by atoms with van der Waals surface area (Å²) in [6.07, 6.45) is 3.73. The predicted octanol–water partition coefficient (Wildman–Crippen LogP) is 3.38. The Morgan fingerprint density at radius 2 is 2.24 bits per heavy atom. The molecule has 1 aromatic carbocycles. The monoisotopic (exact) mass is 293 g/mol. The molecular formula is C14H16BrNO. The van der Waals surface area contributed by atoms with Crippen LogP contribution < -0.4 is 0 Å². The smallest absolute Gasteiger partial charge is 0.254 e. The Morgan fingerprint density at radius 1 is 1.41 bits per heavy atom. The van der Waals surface area contributed by atoms with E-state index in [1.807, 2.05) is 25.1 Å². The van der Waals surface area contributed by atoms with E-state index in [1.54, 1.807) is 0 Å². The summed E-state index contributed by atoms with van der Waals surface area (Å²) in [4.78, 5) is 14.5. The van der Waals surface area contributed by atoms with E-state index in [2.05, 4.69) is 20.8 Å². The summed E-state index contributed by atoms with van der Waals surface area (Å²) in [7, 11) is 0. The maximum Gasteiger partial charge on any atom is 0.254 e. The molecule has 2 bridgehead atoms. The van der Waals surface area contributed by atoms with Crippen molar-refractivity contribution in [1.29, 1.82) is 0 Å². The minimum Gasteiger partial charge on any atom is -0.335 e. The Kier molecular flexibility index (Phi) is 2.74. The van der Waals surface area contributed by atoms with Crippen LogP contribution in [0, 0.1) is 12.8 Å². The van der Waals surface area contributed by atoms with Crippen molar-refractivity contribution >= 4 is 21.8 Å². The van der Waals surface area contributed by atoms with Gasteiger partial charge in [0.25, 0.3) is 5.91 Å². The van der Waals surface area contributed by atoms with Gasteiger partial charge in [0.1, 0.15) is 0 Å². The fourth-order valence-corrected chi connectivity index (χ4v) is 3.44. The molecule has 2 atom stereocenters. The Labute approximate surface area is 110 Å². The highest BCUT2D eigenvalue weighted by Gasteiger charge is 2.40. The van der Waals surface area contributed by atoms with Crippen LogP contribution in [0.3, 0.4) is 0 Å². The average molecular weight is 294 g/mol. The van der Waals surface area contributed by atoms with Gasteiger partial charge in [-0.3, -0.25) is 4.79 Å². The molecule has 0 N–H and O–H groups in total. The molecule has 0 spiro atoms. The van der Waals surface area contributed by atoms with E-state index in [1.165, 1.54) is 24.8 Å². The zero-order valence-electron chi connectivity index (χ0n) is 9.95. The topological polar surface area (TPSA) is 20.3 Å². The summed E-state index contributed by atoms with van der Waals surface area (Å²) < 4.78 is 1.02. The number of fused-ring (bicyclic) bond motifs is 2. The van der Waals surface area contributed by atoms with Gasteiger partial charge in [-0.05, 0) is 49.8 Å². The molecule has 1 aliphatic heterocycles. The van der Waals surface area contributed by atoms with Crippen LogP contribution in [0.25, 0.3) is 0 Å². The van der Waals surface area contributed by atoms with Crippen LogP contribution in [0.5, 0.6) is 0 Å². The summed E-state index contributed by atoms with van der Waals surface area (Å²) in [5, 5.41) is 0. The van der Waals surface area contributed by atoms with Gasteiger partial charge in [0.05, 0.1) is 0 Å². The van der Waals surface area contributed by atoms with Crippen molar-refractivity contribution in [2.24, 2.45) is 5.92 Å². The molecule has 1 aliphatic carbocycles. The number of hydrogen-bond acceptors (Lipinski definition) is 1. The molecule has 1 amide bonds. The van der Waals surface area contributed by atoms with Crippen molar-refractivity contribution < 1.29 is 4.79 Å². The summed E-state index contributed by atoms with van der Waals surface area (Å²) in [5.41, 5.74) is 1.99. The summed E-state index contributed by atoms with van der Waals surface area (Å²) in [6.45, 7) is 3.01. The van der Waals surface area contributed by atoms with E-state index in [0.717, 1.165) is 22.5 Å². The van der Waals surface area contributed by atoms with Gasteiger partial charge < -0.3 is 4.90 Å². The van der Waals surface area contributed by atoms with Crippen LogP contribution in [-0.4, -0.2) is 23.4 Å². The lowest BCUT2D eigenvalue weighted by molar-refractivity contribution is 0.0703. The Bertz CT molecular complexity index is 471. The zero-order chi connectivity index (χ0) is 12.0. The van der Waals surface area contributed by atoms with Gasteiger partial charge in [-0.15, -0.1) is 0 Å². The number of rotatable bonds is 1. The van der Waals surface area contributed by atoms with Crippen LogP contribution in [0.4, 0.5) is 0 Å². The van der Waals surface area contributed by atoms with Crippen LogP contribution in [-0.2, 0) is 0 Å². The molecule has 3 heteroatoms. The number of hydrogen-bond donors (Lipinski definition) is 0. The van der Waals surface area contributed by atoms with Crippen molar-refractivity contribution in [1.82, 2.24) is 4.90 Å². The Morgan fingerprint density at radius 3 is 2.82 bits per heavy atom. The van der Waals surface area contributed by atoms with E-state index in [-0.39, 0.29) is 5.91 Å². The summed E-state index contributed by atoms with van der Waals surface area (Å²) in [5.74, 6) is 0.968. The predicted molar refractivity (Wildman–Crippen MR) is 71.0 cm³/mol. The molecule has 2 nitrogen and oxygen atoms in total. The SMILES string of the molecule is Cc1ccc(C(=O)N2CC3CCC2C3)cc1Br. The molecule has 0 aromatic heterocycles. The fourth-order valence-electron chi connectivity index (χ4n) is 3.07. The first-order chi connectivity index (χ1) is 8.15. The molecule has 3 rings (SSSR count). The lowest BCUT2D eigenvalue weighted by Gasteiger charge is -2.27. The van der Waals surface area contributed by atoms with E-state index in [0.29, 0.717) is 6.04 Å². The highest BCUT2D eigenvalue weighted by Crippen LogP contribution is 2.38. The maximum absolute atomic E-state index is 12.4. The highest BCUT2D eigenvalue weighted by molar-refractivity contribution is 9.10. The average Bonchev–Trinajstić information content (AvgIpc) is 2.93. The first-order valence-electron chi connectivity index (χ1n) is 6.22. The van der Waals surface area contributed by atoms with E-state index < -0.39 is 0 Å². The molecule has 0 radical (unpaired) electrons. The number of amides is 1. The number of aryl methyl sites for hydroxylation is 1. The number of carbonyl (C=O) groups excluding carboxylic acids is 1.